The maximum Gasteiger partial charge on any atom is 0.276 e. The average Bonchev–Trinajstić information content (AvgIpc) is 2.95. The van der Waals surface area contributed by atoms with Crippen molar-refractivity contribution in [1.82, 2.24) is 9.40 Å². The highest BCUT2D eigenvalue weighted by molar-refractivity contribution is 7.89. The second kappa shape index (κ2) is 6.77. The molecule has 25 heavy (non-hydrogen) atoms. The van der Waals surface area contributed by atoms with Gasteiger partial charge in [0.25, 0.3) is 10.0 Å². The first-order chi connectivity index (χ1) is 12.0. The number of nitrogens with one attached hydrogen (secondary N) is 1. The Balaban J connectivity index is 1.97. The minimum Gasteiger partial charge on any atom is -0.493 e. The van der Waals surface area contributed by atoms with Gasteiger partial charge < -0.3 is 14.0 Å². The van der Waals surface area contributed by atoms with E-state index in [4.69, 9.17) is 9.47 Å². The third-order valence-corrected chi connectivity index (χ3v) is 5.96. The predicted molar refractivity (Wildman–Crippen MR) is 96.2 cm³/mol. The van der Waals surface area contributed by atoms with Crippen LogP contribution in [0.1, 0.15) is 0 Å². The van der Waals surface area contributed by atoms with Gasteiger partial charge in [0.2, 0.25) is 4.80 Å². The molecular weight excluding hydrogens is 362 g/mol. The molecule has 0 aliphatic rings. The van der Waals surface area contributed by atoms with E-state index in [-0.39, 0.29) is 4.90 Å². The molecule has 7 nitrogen and oxygen atoms in total. The van der Waals surface area contributed by atoms with E-state index in [9.17, 15) is 8.42 Å². The van der Waals surface area contributed by atoms with Crippen LogP contribution < -0.4 is 19.1 Å². The maximum atomic E-state index is 12.5. The van der Waals surface area contributed by atoms with Crippen molar-refractivity contribution in [2.24, 2.45) is 12.1 Å². The van der Waals surface area contributed by atoms with Crippen molar-refractivity contribution in [2.75, 3.05) is 14.2 Å². The number of hydrogen-bond donors (Lipinski definition) is 1. The molecule has 2 aromatic carbocycles. The number of para-hydroxylation sites is 1. The Labute approximate surface area is 149 Å². The van der Waals surface area contributed by atoms with Crippen LogP contribution in [0.2, 0.25) is 0 Å². The first-order valence-corrected chi connectivity index (χ1v) is 9.58. The maximum absolute atomic E-state index is 12.5. The van der Waals surface area contributed by atoms with E-state index in [1.807, 2.05) is 35.9 Å². The summed E-state index contributed by atoms with van der Waals surface area (Å²) in [6, 6.07) is 12.1. The Bertz CT molecular complexity index is 1080. The average molecular weight is 379 g/mol. The number of fused-ring (bicyclic) bond motifs is 1. The van der Waals surface area contributed by atoms with Crippen molar-refractivity contribution in [2.45, 2.75) is 4.90 Å². The standard InChI is InChI=1S/C16H17N3O4S2/c1-19-12-6-4-5-7-15(12)24-16(19)17-18-25(20,21)11-8-9-13(22-2)14(10-11)23-3/h4-10,18H,1-3H3/b17-16+. The zero-order valence-corrected chi connectivity index (χ0v) is 15.5. The van der Waals surface area contributed by atoms with Crippen molar-refractivity contribution in [1.29, 1.82) is 0 Å². The van der Waals surface area contributed by atoms with Crippen LogP contribution in [0, 0.1) is 0 Å². The van der Waals surface area contributed by atoms with E-state index in [0.717, 1.165) is 10.2 Å². The molecular formula is C16H17N3O4S2. The lowest BCUT2D eigenvalue weighted by molar-refractivity contribution is 0.354. The molecule has 0 atom stereocenters. The molecule has 1 heterocycles. The third kappa shape index (κ3) is 3.33. The van der Waals surface area contributed by atoms with Crippen LogP contribution in [0.15, 0.2) is 52.5 Å². The van der Waals surface area contributed by atoms with Gasteiger partial charge in [-0.1, -0.05) is 23.5 Å². The fourth-order valence-electron chi connectivity index (χ4n) is 2.32. The molecule has 3 aromatic rings. The molecule has 0 radical (unpaired) electrons. The second-order valence-electron chi connectivity index (χ2n) is 5.13. The summed E-state index contributed by atoms with van der Waals surface area (Å²) in [4.78, 5) is 2.86. The number of methoxy groups -OCH3 is 2. The lowest BCUT2D eigenvalue weighted by Crippen LogP contribution is -2.23. The number of aromatic nitrogens is 1. The van der Waals surface area contributed by atoms with Crippen LogP contribution in [-0.4, -0.2) is 27.2 Å². The van der Waals surface area contributed by atoms with Gasteiger partial charge in [0.05, 0.1) is 29.3 Å². The number of aryl methyl sites for hydroxylation is 1. The summed E-state index contributed by atoms with van der Waals surface area (Å²) in [7, 11) is 0.941. The highest BCUT2D eigenvalue weighted by Gasteiger charge is 2.16. The molecule has 0 unspecified atom stereocenters. The summed E-state index contributed by atoms with van der Waals surface area (Å²) < 4.78 is 38.1. The normalized spacial score (nSPS) is 12.4. The van der Waals surface area contributed by atoms with Crippen molar-refractivity contribution in [3.8, 4) is 11.5 Å². The van der Waals surface area contributed by atoms with Crippen molar-refractivity contribution >= 4 is 31.6 Å². The zero-order chi connectivity index (χ0) is 18.0. The van der Waals surface area contributed by atoms with Gasteiger partial charge in [-0.2, -0.15) is 13.2 Å². The fourth-order valence-corrected chi connectivity index (χ4v) is 4.18. The summed E-state index contributed by atoms with van der Waals surface area (Å²) in [5.74, 6) is 0.784. The third-order valence-electron chi connectivity index (χ3n) is 3.64. The van der Waals surface area contributed by atoms with Gasteiger partial charge in [-0.3, -0.25) is 0 Å². The van der Waals surface area contributed by atoms with Crippen LogP contribution in [0.5, 0.6) is 11.5 Å². The highest BCUT2D eigenvalue weighted by Crippen LogP contribution is 2.29. The SMILES string of the molecule is COc1ccc(S(=O)(=O)N/N=c2/sc3ccccc3n2C)cc1OC. The van der Waals surface area contributed by atoms with E-state index < -0.39 is 10.0 Å². The monoisotopic (exact) mass is 379 g/mol. The number of thiazole rings is 1. The molecule has 0 spiro atoms. The number of rotatable bonds is 5. The number of sulfonamides is 1. The number of hydrogen-bond acceptors (Lipinski definition) is 6. The van der Waals surface area contributed by atoms with Crippen LogP contribution in [-0.2, 0) is 17.1 Å². The summed E-state index contributed by atoms with van der Waals surface area (Å²) in [6.07, 6.45) is 0. The Kier molecular flexibility index (Phi) is 4.69. The van der Waals surface area contributed by atoms with Gasteiger partial charge in [0.1, 0.15) is 0 Å². The molecule has 3 rings (SSSR count). The van der Waals surface area contributed by atoms with Crippen LogP contribution in [0.3, 0.4) is 0 Å². The van der Waals surface area contributed by atoms with E-state index >= 15 is 0 Å². The van der Waals surface area contributed by atoms with Crippen LogP contribution in [0.25, 0.3) is 10.2 Å². The molecule has 9 heteroatoms. The summed E-state index contributed by atoms with van der Waals surface area (Å²) in [5.41, 5.74) is 0.983. The molecule has 0 aliphatic carbocycles. The Morgan fingerprint density at radius 1 is 1.08 bits per heavy atom. The first-order valence-electron chi connectivity index (χ1n) is 7.28. The molecule has 0 aliphatic heterocycles. The predicted octanol–water partition coefficient (Wildman–Crippen LogP) is 2.05. The van der Waals surface area contributed by atoms with E-state index in [1.165, 1.54) is 43.8 Å². The largest absolute Gasteiger partial charge is 0.493 e. The smallest absolute Gasteiger partial charge is 0.276 e. The first kappa shape index (κ1) is 17.3. The van der Waals surface area contributed by atoms with Crippen molar-refractivity contribution in [3.63, 3.8) is 0 Å². The van der Waals surface area contributed by atoms with Gasteiger partial charge >= 0.3 is 0 Å². The van der Waals surface area contributed by atoms with Gasteiger partial charge in [0, 0.05) is 13.1 Å². The summed E-state index contributed by atoms with van der Waals surface area (Å²) in [6.45, 7) is 0. The van der Waals surface area contributed by atoms with E-state index in [2.05, 4.69) is 9.93 Å². The molecule has 1 N–H and O–H groups in total. The Hall–Kier alpha value is -2.52. The quantitative estimate of drug-likeness (QED) is 0.688. The molecule has 0 saturated carbocycles. The number of benzene rings is 2. The number of ether oxygens (including phenoxy) is 2. The molecule has 0 amide bonds. The van der Waals surface area contributed by atoms with Gasteiger partial charge in [-0.25, -0.2) is 0 Å². The van der Waals surface area contributed by atoms with Gasteiger partial charge in [-0.05, 0) is 24.3 Å². The molecule has 132 valence electrons. The van der Waals surface area contributed by atoms with Gasteiger partial charge in [-0.15, -0.1) is 5.10 Å². The van der Waals surface area contributed by atoms with E-state index in [1.54, 1.807) is 0 Å². The van der Waals surface area contributed by atoms with E-state index in [0.29, 0.717) is 16.3 Å². The molecule has 0 bridgehead atoms. The Morgan fingerprint density at radius 2 is 1.80 bits per heavy atom. The minimum absolute atomic E-state index is 0.0395. The van der Waals surface area contributed by atoms with Crippen molar-refractivity contribution in [3.05, 3.63) is 47.3 Å². The lowest BCUT2D eigenvalue weighted by atomic mass is 10.3. The van der Waals surface area contributed by atoms with Crippen LogP contribution >= 0.6 is 11.3 Å². The molecule has 1 aromatic heterocycles. The minimum atomic E-state index is -3.83. The second-order valence-corrected chi connectivity index (χ2v) is 7.80. The molecule has 0 fully saturated rings. The highest BCUT2D eigenvalue weighted by atomic mass is 32.2. The number of nitrogens with zero attached hydrogens (tertiary/aromatic N) is 2. The zero-order valence-electron chi connectivity index (χ0n) is 13.9. The summed E-state index contributed by atoms with van der Waals surface area (Å²) in [5, 5.41) is 4.06. The van der Waals surface area contributed by atoms with Crippen molar-refractivity contribution < 1.29 is 17.9 Å². The molecule has 0 saturated heterocycles. The topological polar surface area (TPSA) is 81.9 Å². The Morgan fingerprint density at radius 3 is 2.48 bits per heavy atom. The van der Waals surface area contributed by atoms with Crippen LogP contribution in [0.4, 0.5) is 0 Å². The summed E-state index contributed by atoms with van der Waals surface area (Å²) >= 11 is 1.40. The fraction of sp³-hybridized carbons (Fsp3) is 0.188. The lowest BCUT2D eigenvalue weighted by Gasteiger charge is -2.09. The van der Waals surface area contributed by atoms with Gasteiger partial charge in [0.15, 0.2) is 11.5 Å².